The van der Waals surface area contributed by atoms with E-state index >= 15 is 0 Å². The minimum Gasteiger partial charge on any atom is -0.495 e. The van der Waals surface area contributed by atoms with Crippen molar-refractivity contribution in [3.05, 3.63) is 48.0 Å². The molecule has 0 bridgehead atoms. The van der Waals surface area contributed by atoms with Crippen LogP contribution in [-0.4, -0.2) is 7.11 Å². The second-order valence-corrected chi connectivity index (χ2v) is 6.71. The van der Waals surface area contributed by atoms with Crippen LogP contribution in [0.15, 0.2) is 32.5 Å². The third-order valence-corrected chi connectivity index (χ3v) is 5.26. The molecule has 0 aliphatic heterocycles. The Hall–Kier alpha value is -0.0700. The molecule has 0 saturated carbocycles. The average molecular weight is 412 g/mol. The standard InChI is InChI=1S/C12H10Br2ClNOS/c1-17-11-7(4-6(15)5-9(11)14)10(16)12-8(13)2-3-18-12/h2-5,10H,16H2,1H3. The molecular formula is C12H10Br2ClNOS. The first-order valence-electron chi connectivity index (χ1n) is 5.06. The van der Waals surface area contributed by atoms with Crippen molar-refractivity contribution in [3.8, 4) is 5.75 Å². The number of hydrogen-bond acceptors (Lipinski definition) is 3. The topological polar surface area (TPSA) is 35.2 Å². The fourth-order valence-electron chi connectivity index (χ4n) is 1.70. The van der Waals surface area contributed by atoms with E-state index in [9.17, 15) is 0 Å². The number of nitrogens with two attached hydrogens (primary N) is 1. The second-order valence-electron chi connectivity index (χ2n) is 3.62. The lowest BCUT2D eigenvalue weighted by atomic mass is 10.1. The van der Waals surface area contributed by atoms with Crippen molar-refractivity contribution in [2.24, 2.45) is 5.73 Å². The number of hydrogen-bond donors (Lipinski definition) is 1. The van der Waals surface area contributed by atoms with Crippen molar-refractivity contribution >= 4 is 54.8 Å². The van der Waals surface area contributed by atoms with Crippen molar-refractivity contribution in [1.82, 2.24) is 0 Å². The minimum absolute atomic E-state index is 0.274. The highest BCUT2D eigenvalue weighted by Crippen LogP contribution is 2.40. The Morgan fingerprint density at radius 1 is 1.33 bits per heavy atom. The van der Waals surface area contributed by atoms with E-state index in [0.29, 0.717) is 10.8 Å². The summed E-state index contributed by atoms with van der Waals surface area (Å²) >= 11 is 14.6. The summed E-state index contributed by atoms with van der Waals surface area (Å²) in [6.07, 6.45) is 0. The van der Waals surface area contributed by atoms with Crippen molar-refractivity contribution in [1.29, 1.82) is 0 Å². The molecule has 0 aliphatic rings. The first-order valence-corrected chi connectivity index (χ1v) is 7.90. The molecule has 0 fully saturated rings. The van der Waals surface area contributed by atoms with Gasteiger partial charge in [0.15, 0.2) is 0 Å². The van der Waals surface area contributed by atoms with Gasteiger partial charge in [-0.25, -0.2) is 0 Å². The molecular weight excluding hydrogens is 401 g/mol. The van der Waals surface area contributed by atoms with Crippen LogP contribution in [-0.2, 0) is 0 Å². The second kappa shape index (κ2) is 5.92. The SMILES string of the molecule is COc1c(Br)cc(Cl)cc1C(N)c1sccc1Br. The van der Waals surface area contributed by atoms with Gasteiger partial charge in [-0.3, -0.25) is 0 Å². The van der Waals surface area contributed by atoms with Crippen LogP contribution in [0, 0.1) is 0 Å². The molecule has 1 aromatic carbocycles. The van der Waals surface area contributed by atoms with E-state index in [1.165, 1.54) is 0 Å². The lowest BCUT2D eigenvalue weighted by molar-refractivity contribution is 0.405. The zero-order chi connectivity index (χ0) is 13.3. The van der Waals surface area contributed by atoms with Gasteiger partial charge in [0.1, 0.15) is 5.75 Å². The van der Waals surface area contributed by atoms with Crippen LogP contribution in [0.4, 0.5) is 0 Å². The van der Waals surface area contributed by atoms with Gasteiger partial charge in [-0.1, -0.05) is 11.6 Å². The van der Waals surface area contributed by atoms with E-state index in [1.807, 2.05) is 17.5 Å². The van der Waals surface area contributed by atoms with E-state index in [4.69, 9.17) is 22.1 Å². The zero-order valence-corrected chi connectivity index (χ0v) is 14.2. The molecule has 0 amide bonds. The maximum atomic E-state index is 6.30. The van der Waals surface area contributed by atoms with Crippen LogP contribution in [0.2, 0.25) is 5.02 Å². The lowest BCUT2D eigenvalue weighted by Crippen LogP contribution is -2.12. The highest BCUT2D eigenvalue weighted by atomic mass is 79.9. The van der Waals surface area contributed by atoms with Crippen LogP contribution in [0.5, 0.6) is 5.75 Å². The third kappa shape index (κ3) is 2.75. The van der Waals surface area contributed by atoms with E-state index < -0.39 is 0 Å². The maximum Gasteiger partial charge on any atom is 0.138 e. The molecule has 0 aliphatic carbocycles. The predicted molar refractivity (Wildman–Crippen MR) is 83.8 cm³/mol. The van der Waals surface area contributed by atoms with E-state index in [0.717, 1.165) is 19.4 Å². The van der Waals surface area contributed by atoms with Crippen molar-refractivity contribution in [2.45, 2.75) is 6.04 Å². The van der Waals surface area contributed by atoms with Gasteiger partial charge in [-0.2, -0.15) is 0 Å². The molecule has 2 aromatic rings. The Bertz CT molecular complexity index is 573. The van der Waals surface area contributed by atoms with E-state index in [2.05, 4.69) is 31.9 Å². The molecule has 0 radical (unpaired) electrons. The zero-order valence-electron chi connectivity index (χ0n) is 9.41. The molecule has 1 aromatic heterocycles. The fraction of sp³-hybridized carbons (Fsp3) is 0.167. The summed E-state index contributed by atoms with van der Waals surface area (Å²) in [7, 11) is 1.62. The quantitative estimate of drug-likeness (QED) is 0.773. The summed E-state index contributed by atoms with van der Waals surface area (Å²) in [5.74, 6) is 0.715. The molecule has 96 valence electrons. The summed E-state index contributed by atoms with van der Waals surface area (Å²) in [6, 6.07) is 5.33. The molecule has 2 N–H and O–H groups in total. The molecule has 2 nitrogen and oxygen atoms in total. The number of benzene rings is 1. The van der Waals surface area contributed by atoms with Gasteiger partial charge in [0.2, 0.25) is 0 Å². The van der Waals surface area contributed by atoms with Gasteiger partial charge >= 0.3 is 0 Å². The van der Waals surface area contributed by atoms with Crippen LogP contribution in [0.25, 0.3) is 0 Å². The molecule has 0 saturated heterocycles. The van der Waals surface area contributed by atoms with Crippen LogP contribution in [0.3, 0.4) is 0 Å². The largest absolute Gasteiger partial charge is 0.495 e. The Balaban J connectivity index is 2.54. The number of halogens is 3. The molecule has 2 rings (SSSR count). The maximum absolute atomic E-state index is 6.30. The summed E-state index contributed by atoms with van der Waals surface area (Å²) < 4.78 is 7.19. The molecule has 18 heavy (non-hydrogen) atoms. The van der Waals surface area contributed by atoms with Crippen LogP contribution in [0.1, 0.15) is 16.5 Å². The Morgan fingerprint density at radius 3 is 2.61 bits per heavy atom. The number of methoxy groups -OCH3 is 1. The third-order valence-electron chi connectivity index (χ3n) is 2.50. The van der Waals surface area contributed by atoms with Crippen molar-refractivity contribution < 1.29 is 4.74 Å². The summed E-state index contributed by atoms with van der Waals surface area (Å²) in [6.45, 7) is 0. The minimum atomic E-state index is -0.274. The van der Waals surface area contributed by atoms with Crippen LogP contribution < -0.4 is 10.5 Å². The Labute approximate surface area is 131 Å². The number of rotatable bonds is 3. The summed E-state index contributed by atoms with van der Waals surface area (Å²) in [5.41, 5.74) is 7.16. The number of ether oxygens (including phenoxy) is 1. The molecule has 1 atom stereocenters. The van der Waals surface area contributed by atoms with E-state index in [1.54, 1.807) is 24.5 Å². The highest BCUT2D eigenvalue weighted by Gasteiger charge is 2.20. The fourth-order valence-corrected chi connectivity index (χ4v) is 4.33. The lowest BCUT2D eigenvalue weighted by Gasteiger charge is -2.17. The summed E-state index contributed by atoms with van der Waals surface area (Å²) in [4.78, 5) is 1.04. The van der Waals surface area contributed by atoms with Gasteiger partial charge in [0, 0.05) is 19.9 Å². The number of thiophene rings is 1. The first-order chi connectivity index (χ1) is 8.54. The van der Waals surface area contributed by atoms with Gasteiger partial charge < -0.3 is 10.5 Å². The Kier molecular flexibility index (Phi) is 4.72. The van der Waals surface area contributed by atoms with Gasteiger partial charge in [0.25, 0.3) is 0 Å². The smallest absolute Gasteiger partial charge is 0.138 e. The first kappa shape index (κ1) is 14.3. The predicted octanol–water partition coefficient (Wildman–Crippen LogP) is 4.98. The molecule has 1 heterocycles. The molecule has 1 unspecified atom stereocenters. The summed E-state index contributed by atoms with van der Waals surface area (Å²) in [5, 5.41) is 2.62. The van der Waals surface area contributed by atoms with Gasteiger partial charge in [0.05, 0.1) is 17.6 Å². The van der Waals surface area contributed by atoms with Crippen LogP contribution >= 0.6 is 54.8 Å². The molecule has 6 heteroatoms. The van der Waals surface area contributed by atoms with Crippen molar-refractivity contribution in [3.63, 3.8) is 0 Å². The highest BCUT2D eigenvalue weighted by molar-refractivity contribution is 9.10. The van der Waals surface area contributed by atoms with Gasteiger partial charge in [-0.15, -0.1) is 11.3 Å². The Morgan fingerprint density at radius 2 is 2.06 bits per heavy atom. The van der Waals surface area contributed by atoms with Crippen molar-refractivity contribution in [2.75, 3.05) is 7.11 Å². The monoisotopic (exact) mass is 409 g/mol. The molecule has 0 spiro atoms. The van der Waals surface area contributed by atoms with Gasteiger partial charge in [-0.05, 0) is 55.4 Å². The average Bonchev–Trinajstić information content (AvgIpc) is 2.73. The normalized spacial score (nSPS) is 12.5. The van der Waals surface area contributed by atoms with E-state index in [-0.39, 0.29) is 6.04 Å².